The van der Waals surface area contributed by atoms with Crippen molar-refractivity contribution < 1.29 is 26.3 Å². The van der Waals surface area contributed by atoms with Gasteiger partial charge in [0.25, 0.3) is 0 Å². The minimum absolute atomic E-state index is 0.0264. The molecule has 0 atom stereocenters. The molecule has 0 N–H and O–H groups in total. The highest BCUT2D eigenvalue weighted by atomic mass is 19.4. The third-order valence-corrected chi connectivity index (χ3v) is 2.69. The van der Waals surface area contributed by atoms with Gasteiger partial charge in [-0.2, -0.15) is 26.3 Å². The molecule has 1 aromatic heterocycles. The van der Waals surface area contributed by atoms with Gasteiger partial charge in [-0.15, -0.1) is 0 Å². The number of hydrogen-bond donors (Lipinski definition) is 0. The maximum absolute atomic E-state index is 12.7. The predicted molar refractivity (Wildman–Crippen MR) is 68.9 cm³/mol. The van der Waals surface area contributed by atoms with E-state index >= 15 is 0 Å². The van der Waals surface area contributed by atoms with Crippen LogP contribution in [0.25, 0.3) is 0 Å². The summed E-state index contributed by atoms with van der Waals surface area (Å²) in [5, 5.41) is 0. The Morgan fingerprint density at radius 1 is 0.913 bits per heavy atom. The molecule has 0 aliphatic heterocycles. The van der Waals surface area contributed by atoms with Crippen molar-refractivity contribution in [2.45, 2.75) is 12.4 Å². The van der Waals surface area contributed by atoms with E-state index in [-0.39, 0.29) is 11.9 Å². The zero-order chi connectivity index (χ0) is 17.3. The zero-order valence-electron chi connectivity index (χ0n) is 11.1. The van der Waals surface area contributed by atoms with E-state index < -0.39 is 29.0 Å². The lowest BCUT2D eigenvalue weighted by Gasteiger charge is -2.12. The van der Waals surface area contributed by atoms with E-state index in [0.717, 1.165) is 4.57 Å². The number of imidazole rings is 1. The lowest BCUT2D eigenvalue weighted by molar-refractivity contribution is -0.143. The van der Waals surface area contributed by atoms with Gasteiger partial charge < -0.3 is 0 Å². The van der Waals surface area contributed by atoms with Crippen LogP contribution in [0.3, 0.4) is 0 Å². The van der Waals surface area contributed by atoms with E-state index in [2.05, 4.69) is 22.9 Å². The SMILES string of the molecule is C#Cn1ccnc1C#Cc1cc(C(F)(F)F)cc(C(F)(F)F)c1. The first-order chi connectivity index (χ1) is 10.6. The monoisotopic (exact) mass is 328 g/mol. The quantitative estimate of drug-likeness (QED) is 0.532. The summed E-state index contributed by atoms with van der Waals surface area (Å²) in [4.78, 5) is 3.75. The Balaban J connectivity index is 2.54. The highest BCUT2D eigenvalue weighted by Crippen LogP contribution is 2.36. The second-order valence-electron chi connectivity index (χ2n) is 4.29. The highest BCUT2D eigenvalue weighted by molar-refractivity contribution is 5.45. The topological polar surface area (TPSA) is 17.8 Å². The van der Waals surface area contributed by atoms with Crippen molar-refractivity contribution in [3.05, 3.63) is 53.1 Å². The molecule has 0 fully saturated rings. The van der Waals surface area contributed by atoms with Crippen molar-refractivity contribution in [2.75, 3.05) is 0 Å². The standard InChI is InChI=1S/C15H6F6N2/c1-2-23-6-5-22-13(23)4-3-10-7-11(14(16,17)18)9-12(8-10)15(19,20)21/h1,5-9H. The van der Waals surface area contributed by atoms with Crippen LogP contribution in [0.2, 0.25) is 0 Å². The molecule has 0 spiro atoms. The summed E-state index contributed by atoms with van der Waals surface area (Å²) in [5.41, 5.74) is -3.31. The molecule has 0 bridgehead atoms. The average Bonchev–Trinajstić information content (AvgIpc) is 2.90. The zero-order valence-corrected chi connectivity index (χ0v) is 11.1. The number of aromatic nitrogens is 2. The van der Waals surface area contributed by atoms with E-state index in [4.69, 9.17) is 6.42 Å². The minimum atomic E-state index is -4.92. The molecular weight excluding hydrogens is 322 g/mol. The highest BCUT2D eigenvalue weighted by Gasteiger charge is 2.36. The number of benzene rings is 1. The van der Waals surface area contributed by atoms with Crippen molar-refractivity contribution in [1.82, 2.24) is 9.55 Å². The molecule has 0 saturated carbocycles. The normalized spacial score (nSPS) is 11.5. The molecule has 0 radical (unpaired) electrons. The lowest BCUT2D eigenvalue weighted by atomic mass is 10.0. The molecule has 0 saturated heterocycles. The molecule has 118 valence electrons. The summed E-state index contributed by atoms with van der Waals surface area (Å²) < 4.78 is 77.4. The van der Waals surface area contributed by atoms with Crippen LogP contribution in [-0.4, -0.2) is 9.55 Å². The number of nitrogens with zero attached hydrogens (tertiary/aromatic N) is 2. The fraction of sp³-hybridized carbons (Fsp3) is 0.133. The molecule has 2 nitrogen and oxygen atoms in total. The van der Waals surface area contributed by atoms with E-state index in [9.17, 15) is 26.3 Å². The van der Waals surface area contributed by atoms with Gasteiger partial charge in [0.15, 0.2) is 5.82 Å². The molecule has 2 aromatic rings. The fourth-order valence-corrected chi connectivity index (χ4v) is 1.66. The summed E-state index contributed by atoms with van der Waals surface area (Å²) in [7, 11) is 0. The fourth-order valence-electron chi connectivity index (χ4n) is 1.66. The van der Waals surface area contributed by atoms with Crippen molar-refractivity contribution >= 4 is 0 Å². The Bertz CT molecular complexity index is 792. The van der Waals surface area contributed by atoms with Crippen LogP contribution >= 0.6 is 0 Å². The van der Waals surface area contributed by atoms with Gasteiger partial charge in [0.1, 0.15) is 0 Å². The van der Waals surface area contributed by atoms with E-state index in [1.54, 1.807) is 0 Å². The third kappa shape index (κ3) is 3.86. The van der Waals surface area contributed by atoms with Gasteiger partial charge in [0.2, 0.25) is 0 Å². The molecule has 0 unspecified atom stereocenters. The Kier molecular flexibility index (Phi) is 4.11. The maximum Gasteiger partial charge on any atom is 0.416 e. The molecule has 8 heteroatoms. The Morgan fingerprint density at radius 3 is 1.96 bits per heavy atom. The smallest absolute Gasteiger partial charge is 0.252 e. The van der Waals surface area contributed by atoms with Crippen molar-refractivity contribution in [2.24, 2.45) is 0 Å². The second-order valence-corrected chi connectivity index (χ2v) is 4.29. The average molecular weight is 328 g/mol. The molecule has 2 rings (SSSR count). The van der Waals surface area contributed by atoms with Crippen molar-refractivity contribution in [3.63, 3.8) is 0 Å². The Hall–Kier alpha value is -2.87. The van der Waals surface area contributed by atoms with Gasteiger partial charge in [-0.25, -0.2) is 4.98 Å². The number of rotatable bonds is 0. The van der Waals surface area contributed by atoms with Crippen molar-refractivity contribution in [3.8, 4) is 24.3 Å². The lowest BCUT2D eigenvalue weighted by Crippen LogP contribution is -2.11. The van der Waals surface area contributed by atoms with Gasteiger partial charge in [0.05, 0.1) is 11.1 Å². The number of alkyl halides is 6. The van der Waals surface area contributed by atoms with Gasteiger partial charge in [-0.05, 0) is 24.1 Å². The van der Waals surface area contributed by atoms with Crippen LogP contribution in [0.5, 0.6) is 0 Å². The maximum atomic E-state index is 12.7. The van der Waals surface area contributed by atoms with Crippen LogP contribution in [-0.2, 0) is 12.4 Å². The Labute approximate surface area is 126 Å². The number of terminal acetylenes is 1. The first-order valence-corrected chi connectivity index (χ1v) is 5.93. The minimum Gasteiger partial charge on any atom is -0.252 e. The first-order valence-electron chi connectivity index (χ1n) is 5.93. The van der Waals surface area contributed by atoms with Crippen LogP contribution in [0.1, 0.15) is 22.5 Å². The molecule has 0 aliphatic rings. The van der Waals surface area contributed by atoms with Gasteiger partial charge in [-0.3, -0.25) is 4.57 Å². The Morgan fingerprint density at radius 2 is 1.48 bits per heavy atom. The van der Waals surface area contributed by atoms with E-state index in [1.165, 1.54) is 12.4 Å². The summed E-state index contributed by atoms with van der Waals surface area (Å²) >= 11 is 0. The predicted octanol–water partition coefficient (Wildman–Crippen LogP) is 3.76. The summed E-state index contributed by atoms with van der Waals surface area (Å²) in [5.74, 6) is 4.59. The molecule has 1 aromatic carbocycles. The molecule has 0 aliphatic carbocycles. The van der Waals surface area contributed by atoms with Gasteiger partial charge in [0, 0.05) is 24.0 Å². The van der Waals surface area contributed by atoms with E-state index in [1.807, 2.05) is 0 Å². The molecule has 23 heavy (non-hydrogen) atoms. The van der Waals surface area contributed by atoms with Gasteiger partial charge >= 0.3 is 12.4 Å². The number of halogens is 6. The summed E-state index contributed by atoms with van der Waals surface area (Å²) in [6.07, 6.45) is -2.03. The third-order valence-electron chi connectivity index (χ3n) is 2.69. The van der Waals surface area contributed by atoms with Crippen LogP contribution in [0, 0.1) is 24.3 Å². The second kappa shape index (κ2) is 5.73. The summed E-state index contributed by atoms with van der Waals surface area (Å²) in [6.45, 7) is 0. The van der Waals surface area contributed by atoms with Crippen molar-refractivity contribution in [1.29, 1.82) is 0 Å². The number of hydrogen-bond acceptors (Lipinski definition) is 1. The van der Waals surface area contributed by atoms with Crippen LogP contribution in [0.15, 0.2) is 30.6 Å². The summed E-state index contributed by atoms with van der Waals surface area (Å²) in [6, 6.07) is 3.28. The first kappa shape index (κ1) is 16.5. The van der Waals surface area contributed by atoms with Gasteiger partial charge in [-0.1, -0.05) is 12.3 Å². The largest absolute Gasteiger partial charge is 0.416 e. The molecule has 1 heterocycles. The van der Waals surface area contributed by atoms with Crippen LogP contribution in [0.4, 0.5) is 26.3 Å². The molecule has 0 amide bonds. The van der Waals surface area contributed by atoms with E-state index in [0.29, 0.717) is 12.1 Å². The molecular formula is C15H6F6N2. The van der Waals surface area contributed by atoms with Crippen LogP contribution < -0.4 is 0 Å².